The van der Waals surface area contributed by atoms with Crippen molar-refractivity contribution in [2.45, 2.75) is 33.1 Å². The molecule has 0 fully saturated rings. The predicted octanol–water partition coefficient (Wildman–Crippen LogP) is 3.47. The van der Waals surface area contributed by atoms with Crippen LogP contribution in [-0.2, 0) is 4.74 Å². The molecule has 0 unspecified atom stereocenters. The second-order valence-corrected chi connectivity index (χ2v) is 5.13. The van der Waals surface area contributed by atoms with Gasteiger partial charge in [-0.25, -0.2) is 9.48 Å². The number of rotatable bonds is 5. The van der Waals surface area contributed by atoms with E-state index in [1.165, 1.54) is 18.2 Å². The summed E-state index contributed by atoms with van der Waals surface area (Å²) < 4.78 is 47.8. The fourth-order valence-electron chi connectivity index (χ4n) is 2.08. The van der Waals surface area contributed by atoms with Gasteiger partial charge in [-0.1, -0.05) is 31.2 Å². The molecule has 6 nitrogen and oxygen atoms in total. The fourth-order valence-corrected chi connectivity index (χ4v) is 2.08. The van der Waals surface area contributed by atoms with Crippen LogP contribution in [0.5, 0.6) is 5.75 Å². The standard InChI is InChI=1S/C15H16F3N3O3/c1-4-23-14(22)13-12(9(2)3)19-20-21(13)10-7-5-6-8-11(10)24-15(16,17)18/h5-9H,4H2,1-3H3. The van der Waals surface area contributed by atoms with Crippen LogP contribution in [0.3, 0.4) is 0 Å². The number of hydrogen-bond acceptors (Lipinski definition) is 5. The van der Waals surface area contributed by atoms with E-state index in [2.05, 4.69) is 15.0 Å². The summed E-state index contributed by atoms with van der Waals surface area (Å²) in [5.74, 6) is -1.38. The minimum atomic E-state index is -4.87. The summed E-state index contributed by atoms with van der Waals surface area (Å²) in [5, 5.41) is 7.73. The van der Waals surface area contributed by atoms with E-state index in [9.17, 15) is 18.0 Å². The molecule has 1 heterocycles. The Labute approximate surface area is 136 Å². The lowest BCUT2D eigenvalue weighted by atomic mass is 10.1. The first-order chi connectivity index (χ1) is 11.2. The largest absolute Gasteiger partial charge is 0.573 e. The number of carbonyl (C=O) groups excluding carboxylic acids is 1. The van der Waals surface area contributed by atoms with Gasteiger partial charge in [0.1, 0.15) is 11.4 Å². The lowest BCUT2D eigenvalue weighted by Gasteiger charge is -2.14. The number of esters is 1. The van der Waals surface area contributed by atoms with E-state index >= 15 is 0 Å². The Morgan fingerprint density at radius 3 is 2.54 bits per heavy atom. The monoisotopic (exact) mass is 343 g/mol. The van der Waals surface area contributed by atoms with Crippen molar-refractivity contribution < 1.29 is 27.4 Å². The number of aromatic nitrogens is 3. The molecule has 0 saturated carbocycles. The normalized spacial score (nSPS) is 11.6. The molecule has 0 N–H and O–H groups in total. The molecule has 130 valence electrons. The predicted molar refractivity (Wildman–Crippen MR) is 78.1 cm³/mol. The van der Waals surface area contributed by atoms with Crippen LogP contribution in [-0.4, -0.2) is 33.9 Å². The Bertz CT molecular complexity index is 726. The highest BCUT2D eigenvalue weighted by Gasteiger charge is 2.33. The molecule has 24 heavy (non-hydrogen) atoms. The minimum Gasteiger partial charge on any atom is -0.461 e. The number of ether oxygens (including phenoxy) is 2. The summed E-state index contributed by atoms with van der Waals surface area (Å²) in [5.41, 5.74) is 0.248. The quantitative estimate of drug-likeness (QED) is 0.778. The molecule has 1 aromatic carbocycles. The van der Waals surface area contributed by atoms with E-state index in [-0.39, 0.29) is 23.9 Å². The molecule has 9 heteroatoms. The van der Waals surface area contributed by atoms with E-state index in [0.717, 1.165) is 10.7 Å². The zero-order valence-electron chi connectivity index (χ0n) is 13.3. The highest BCUT2D eigenvalue weighted by Crippen LogP contribution is 2.30. The summed E-state index contributed by atoms with van der Waals surface area (Å²) in [7, 11) is 0. The first-order valence-corrected chi connectivity index (χ1v) is 7.22. The first kappa shape index (κ1) is 17.8. The highest BCUT2D eigenvalue weighted by molar-refractivity contribution is 5.89. The SMILES string of the molecule is CCOC(=O)c1c(C(C)C)nnn1-c1ccccc1OC(F)(F)F. The number of carbonyl (C=O) groups is 1. The van der Waals surface area contributed by atoms with Gasteiger partial charge in [-0.2, -0.15) is 0 Å². The molecular formula is C15H16F3N3O3. The number of para-hydroxylation sites is 2. The zero-order chi connectivity index (χ0) is 17.9. The molecule has 0 amide bonds. The van der Waals surface area contributed by atoms with Gasteiger partial charge in [-0.15, -0.1) is 18.3 Å². The number of benzene rings is 1. The van der Waals surface area contributed by atoms with Crippen molar-refractivity contribution in [3.8, 4) is 11.4 Å². The fraction of sp³-hybridized carbons (Fsp3) is 0.400. The number of halogens is 3. The van der Waals surface area contributed by atoms with Gasteiger partial charge in [-0.3, -0.25) is 0 Å². The Morgan fingerprint density at radius 2 is 1.96 bits per heavy atom. The third-order valence-corrected chi connectivity index (χ3v) is 3.03. The van der Waals surface area contributed by atoms with Crippen LogP contribution in [0.4, 0.5) is 13.2 Å². The summed E-state index contributed by atoms with van der Waals surface area (Å²) in [6.07, 6.45) is -4.87. The number of alkyl halides is 3. The second-order valence-electron chi connectivity index (χ2n) is 5.13. The number of nitrogens with zero attached hydrogens (tertiary/aromatic N) is 3. The van der Waals surface area contributed by atoms with E-state index in [1.54, 1.807) is 20.8 Å². The van der Waals surface area contributed by atoms with Crippen LogP contribution in [0.2, 0.25) is 0 Å². The molecule has 0 atom stereocenters. The molecule has 0 radical (unpaired) electrons. The second kappa shape index (κ2) is 6.90. The average Bonchev–Trinajstić information content (AvgIpc) is 2.91. The molecule has 0 aliphatic heterocycles. The lowest BCUT2D eigenvalue weighted by Crippen LogP contribution is -2.20. The van der Waals surface area contributed by atoms with E-state index in [0.29, 0.717) is 5.69 Å². The van der Waals surface area contributed by atoms with Crippen molar-refractivity contribution in [2.75, 3.05) is 6.61 Å². The van der Waals surface area contributed by atoms with Crippen LogP contribution in [0, 0.1) is 0 Å². The molecule has 0 spiro atoms. The molecular weight excluding hydrogens is 327 g/mol. The van der Waals surface area contributed by atoms with Gasteiger partial charge < -0.3 is 9.47 Å². The molecule has 2 aromatic rings. The van der Waals surface area contributed by atoms with Gasteiger partial charge in [0.25, 0.3) is 0 Å². The van der Waals surface area contributed by atoms with Gasteiger partial charge in [-0.05, 0) is 25.0 Å². The topological polar surface area (TPSA) is 66.2 Å². The van der Waals surface area contributed by atoms with E-state index in [1.807, 2.05) is 0 Å². The van der Waals surface area contributed by atoms with Gasteiger partial charge >= 0.3 is 12.3 Å². The number of hydrogen-bond donors (Lipinski definition) is 0. The van der Waals surface area contributed by atoms with Crippen LogP contribution >= 0.6 is 0 Å². The van der Waals surface area contributed by atoms with E-state index in [4.69, 9.17) is 4.74 Å². The summed E-state index contributed by atoms with van der Waals surface area (Å²) in [4.78, 5) is 12.2. The maximum absolute atomic E-state index is 12.6. The third-order valence-electron chi connectivity index (χ3n) is 3.03. The van der Waals surface area contributed by atoms with E-state index < -0.39 is 18.1 Å². The van der Waals surface area contributed by atoms with Crippen molar-refractivity contribution >= 4 is 5.97 Å². The highest BCUT2D eigenvalue weighted by atomic mass is 19.4. The Kier molecular flexibility index (Phi) is 5.10. The van der Waals surface area contributed by atoms with Gasteiger partial charge in [0, 0.05) is 0 Å². The van der Waals surface area contributed by atoms with Crippen LogP contribution < -0.4 is 4.74 Å². The average molecular weight is 343 g/mol. The summed E-state index contributed by atoms with van der Waals surface area (Å²) in [6.45, 7) is 5.31. The van der Waals surface area contributed by atoms with Crippen molar-refractivity contribution in [3.63, 3.8) is 0 Å². The Balaban J connectivity index is 2.59. The molecule has 0 aliphatic rings. The van der Waals surface area contributed by atoms with Crippen LogP contribution in [0.15, 0.2) is 24.3 Å². The van der Waals surface area contributed by atoms with Gasteiger partial charge in [0.2, 0.25) is 0 Å². The molecule has 0 aliphatic carbocycles. The van der Waals surface area contributed by atoms with Gasteiger partial charge in [0.15, 0.2) is 11.4 Å². The summed E-state index contributed by atoms with van der Waals surface area (Å²) >= 11 is 0. The molecule has 2 rings (SSSR count). The van der Waals surface area contributed by atoms with Gasteiger partial charge in [0.05, 0.1) is 6.61 Å². The third kappa shape index (κ3) is 3.84. The van der Waals surface area contributed by atoms with Crippen molar-refractivity contribution in [2.24, 2.45) is 0 Å². The van der Waals surface area contributed by atoms with Crippen LogP contribution in [0.1, 0.15) is 42.9 Å². The zero-order valence-corrected chi connectivity index (χ0v) is 13.3. The summed E-state index contributed by atoms with van der Waals surface area (Å²) in [6, 6.07) is 5.37. The van der Waals surface area contributed by atoms with Crippen molar-refractivity contribution in [1.82, 2.24) is 15.0 Å². The molecule has 0 bridgehead atoms. The first-order valence-electron chi connectivity index (χ1n) is 7.22. The molecule has 0 saturated heterocycles. The Hall–Kier alpha value is -2.58. The Morgan fingerprint density at radius 1 is 1.29 bits per heavy atom. The van der Waals surface area contributed by atoms with Crippen molar-refractivity contribution in [1.29, 1.82) is 0 Å². The maximum atomic E-state index is 12.6. The molecule has 1 aromatic heterocycles. The maximum Gasteiger partial charge on any atom is 0.573 e. The van der Waals surface area contributed by atoms with Crippen molar-refractivity contribution in [3.05, 3.63) is 35.7 Å². The van der Waals surface area contributed by atoms with Crippen LogP contribution in [0.25, 0.3) is 5.69 Å². The minimum absolute atomic E-state index is 0.0231. The smallest absolute Gasteiger partial charge is 0.461 e. The lowest BCUT2D eigenvalue weighted by molar-refractivity contribution is -0.274.